The monoisotopic (exact) mass is 842 g/mol. The summed E-state index contributed by atoms with van der Waals surface area (Å²) in [5, 5.41) is 103. The zero-order valence-corrected chi connectivity index (χ0v) is 32.4. The molecule has 4 saturated heterocycles. The quantitative estimate of drug-likeness (QED) is 0.0356. The standard InChI is InChI=1S/C35H62N4O19/c1-16(42)19(6-2-3-8-36)37-38-32(52)17-7-9-39(11-17)12-18(43)5-4-10-53-34-30(51)31(58-35-29(50)27(48)24(45)21(14-41)56-35)25(46)22(57-34)15-54-33-28(49)26(47)23(44)20(13-40)55-33/h17,19-31,33-35,37,40-41,44-51H,2-15,36H2,1H3,(H,38,52)/t17-,19+,20-,21-,22-,23-,24-,25-,26+,27+,28+,29+,30+,31+,33+,34+,35-/m1/s1. The number of carbonyl (C=O) groups is 3. The Bertz CT molecular complexity index is 1290. The first-order chi connectivity index (χ1) is 27.6. The van der Waals surface area contributed by atoms with Gasteiger partial charge < -0.3 is 85.2 Å². The minimum Gasteiger partial charge on any atom is -0.394 e. The molecule has 14 N–H and O–H groups in total. The van der Waals surface area contributed by atoms with Crippen molar-refractivity contribution >= 4 is 17.5 Å². The molecule has 17 atom stereocenters. The highest BCUT2D eigenvalue weighted by Crippen LogP contribution is 2.31. The summed E-state index contributed by atoms with van der Waals surface area (Å²) >= 11 is 0. The number of hydrazine groups is 1. The normalized spacial score (nSPS) is 39.0. The smallest absolute Gasteiger partial charge is 0.238 e. The SMILES string of the molecule is CC(=O)[C@H](CCCCN)NNC(=O)[C@@H]1CCN(CC(=O)CCCO[C@H]2O[C@H](CO[C@H]3O[C@H](CO)[C@@H](O)[C@H](O)[C@@H]3O)[C@@H](O)[C@H](O[C@H]3O[C@H](CO)[C@@H](O)[C@H](O)[C@@H]3O)[C@@H]2O)C1. The van der Waals surface area contributed by atoms with Crippen molar-refractivity contribution in [2.75, 3.05) is 52.6 Å². The number of hydrogen-bond acceptors (Lipinski definition) is 22. The van der Waals surface area contributed by atoms with Gasteiger partial charge in [0.1, 0.15) is 84.8 Å². The second-order valence-corrected chi connectivity index (χ2v) is 15.2. The fourth-order valence-corrected chi connectivity index (χ4v) is 7.19. The first-order valence-electron chi connectivity index (χ1n) is 19.6. The molecule has 23 nitrogen and oxygen atoms in total. The van der Waals surface area contributed by atoms with Crippen molar-refractivity contribution in [3.63, 3.8) is 0 Å². The van der Waals surface area contributed by atoms with Crippen molar-refractivity contribution in [3.05, 3.63) is 0 Å². The topological polar surface area (TPSA) is 362 Å². The van der Waals surface area contributed by atoms with Crippen molar-refractivity contribution in [2.45, 2.75) is 144 Å². The Hall–Kier alpha value is -1.95. The van der Waals surface area contributed by atoms with E-state index in [2.05, 4.69) is 10.9 Å². The van der Waals surface area contributed by atoms with Gasteiger partial charge in [0.15, 0.2) is 18.9 Å². The molecule has 0 spiro atoms. The molecule has 0 aromatic carbocycles. The molecule has 0 aliphatic carbocycles. The number of ketones is 2. The number of Topliss-reactive ketones (excluding diaryl/α,β-unsaturated/α-hetero) is 2. The van der Waals surface area contributed by atoms with Crippen LogP contribution in [0.1, 0.15) is 45.4 Å². The number of nitrogens with zero attached hydrogens (tertiary/aromatic N) is 1. The lowest BCUT2D eigenvalue weighted by atomic mass is 9.96. The first kappa shape index (κ1) is 48.7. The van der Waals surface area contributed by atoms with E-state index in [4.69, 9.17) is 34.2 Å². The zero-order chi connectivity index (χ0) is 42.7. The predicted molar refractivity (Wildman–Crippen MR) is 192 cm³/mol. The lowest BCUT2D eigenvalue weighted by Crippen LogP contribution is -2.65. The van der Waals surface area contributed by atoms with E-state index in [0.717, 1.165) is 12.8 Å². The van der Waals surface area contributed by atoms with Gasteiger partial charge in [0.2, 0.25) is 5.91 Å². The van der Waals surface area contributed by atoms with Crippen molar-refractivity contribution in [1.29, 1.82) is 0 Å². The number of ether oxygens (including phenoxy) is 6. The molecular weight excluding hydrogens is 780 g/mol. The number of amides is 1. The lowest BCUT2D eigenvalue weighted by molar-refractivity contribution is -0.366. The first-order valence-corrected chi connectivity index (χ1v) is 19.6. The van der Waals surface area contributed by atoms with Crippen LogP contribution in [0.4, 0.5) is 0 Å². The fourth-order valence-electron chi connectivity index (χ4n) is 7.19. The Balaban J connectivity index is 1.30. The Labute approximate surface area is 334 Å². The summed E-state index contributed by atoms with van der Waals surface area (Å²) in [5.41, 5.74) is 11.0. The van der Waals surface area contributed by atoms with Gasteiger partial charge in [-0.3, -0.25) is 24.7 Å². The maximum atomic E-state index is 12.9. The Morgan fingerprint density at radius 3 is 1.98 bits per heavy atom. The minimum absolute atomic E-state index is 0.0396. The number of aliphatic hydroxyl groups excluding tert-OH is 10. The molecule has 0 aromatic rings. The number of nitrogens with two attached hydrogens (primary N) is 1. The minimum atomic E-state index is -1.90. The van der Waals surface area contributed by atoms with Crippen molar-refractivity contribution in [3.8, 4) is 0 Å². The molecule has 4 heterocycles. The van der Waals surface area contributed by atoms with Crippen LogP contribution in [0.25, 0.3) is 0 Å². The molecule has 4 aliphatic heterocycles. The predicted octanol–water partition coefficient (Wildman–Crippen LogP) is -7.17. The number of nitrogens with one attached hydrogen (secondary N) is 2. The maximum Gasteiger partial charge on any atom is 0.238 e. The van der Waals surface area contributed by atoms with Crippen LogP contribution in [0.3, 0.4) is 0 Å². The molecule has 0 radical (unpaired) electrons. The van der Waals surface area contributed by atoms with E-state index in [1.54, 1.807) is 0 Å². The molecule has 4 aliphatic rings. The van der Waals surface area contributed by atoms with Gasteiger partial charge in [-0.15, -0.1) is 0 Å². The van der Waals surface area contributed by atoms with Crippen molar-refractivity contribution in [1.82, 2.24) is 15.8 Å². The number of hydrogen-bond donors (Lipinski definition) is 13. The van der Waals surface area contributed by atoms with Crippen LogP contribution in [-0.2, 0) is 42.8 Å². The number of rotatable bonds is 22. The number of unbranched alkanes of at least 4 members (excludes halogenated alkanes) is 1. The highest BCUT2D eigenvalue weighted by atomic mass is 16.7. The van der Waals surface area contributed by atoms with Crippen LogP contribution < -0.4 is 16.6 Å². The van der Waals surface area contributed by atoms with Crippen LogP contribution in [0, 0.1) is 5.92 Å². The molecule has 0 aromatic heterocycles. The molecule has 0 bridgehead atoms. The van der Waals surface area contributed by atoms with E-state index in [-0.39, 0.29) is 43.5 Å². The molecule has 0 unspecified atom stereocenters. The highest BCUT2D eigenvalue weighted by molar-refractivity contribution is 5.83. The van der Waals surface area contributed by atoms with E-state index < -0.39 is 124 Å². The summed E-state index contributed by atoms with van der Waals surface area (Å²) < 4.78 is 33.5. The fraction of sp³-hybridized carbons (Fsp3) is 0.914. The van der Waals surface area contributed by atoms with Gasteiger partial charge >= 0.3 is 0 Å². The van der Waals surface area contributed by atoms with Gasteiger partial charge in [-0.2, -0.15) is 0 Å². The second kappa shape index (κ2) is 23.3. The summed E-state index contributed by atoms with van der Waals surface area (Å²) in [6.45, 7) is 0.544. The van der Waals surface area contributed by atoms with Gasteiger partial charge in [0, 0.05) is 13.0 Å². The van der Waals surface area contributed by atoms with E-state index in [9.17, 15) is 65.4 Å². The number of carbonyl (C=O) groups excluding carboxylic acids is 3. The third kappa shape index (κ3) is 12.8. The maximum absolute atomic E-state index is 12.9. The van der Waals surface area contributed by atoms with Crippen LogP contribution in [0.2, 0.25) is 0 Å². The van der Waals surface area contributed by atoms with Crippen LogP contribution >= 0.6 is 0 Å². The lowest BCUT2D eigenvalue weighted by Gasteiger charge is -2.46. The summed E-state index contributed by atoms with van der Waals surface area (Å²) in [5.74, 6) is -0.940. The van der Waals surface area contributed by atoms with Crippen LogP contribution in [0.15, 0.2) is 0 Å². The van der Waals surface area contributed by atoms with E-state index in [0.29, 0.717) is 32.5 Å². The van der Waals surface area contributed by atoms with E-state index in [1.807, 2.05) is 4.90 Å². The van der Waals surface area contributed by atoms with E-state index in [1.165, 1.54) is 6.92 Å². The Kier molecular flexibility index (Phi) is 19.6. The summed E-state index contributed by atoms with van der Waals surface area (Å²) in [4.78, 5) is 39.4. The molecule has 336 valence electrons. The molecular formula is C35H62N4O19. The molecule has 4 rings (SSSR count). The van der Waals surface area contributed by atoms with Crippen LogP contribution in [0.5, 0.6) is 0 Å². The zero-order valence-electron chi connectivity index (χ0n) is 32.4. The number of likely N-dealkylation sites (tertiary alicyclic amines) is 1. The summed E-state index contributed by atoms with van der Waals surface area (Å²) in [7, 11) is 0. The molecule has 0 saturated carbocycles. The third-order valence-electron chi connectivity index (χ3n) is 10.8. The summed E-state index contributed by atoms with van der Waals surface area (Å²) in [6, 6.07) is -0.529. The van der Waals surface area contributed by atoms with Gasteiger partial charge in [-0.1, -0.05) is 6.42 Å². The molecule has 23 heteroatoms. The average molecular weight is 843 g/mol. The van der Waals surface area contributed by atoms with E-state index >= 15 is 0 Å². The van der Waals surface area contributed by atoms with Gasteiger partial charge in [0.25, 0.3) is 0 Å². The van der Waals surface area contributed by atoms with Crippen molar-refractivity contribution in [2.24, 2.45) is 11.7 Å². The van der Waals surface area contributed by atoms with Crippen LogP contribution in [-0.4, -0.2) is 224 Å². The van der Waals surface area contributed by atoms with Gasteiger partial charge in [-0.05, 0) is 45.7 Å². The average Bonchev–Trinajstić information content (AvgIpc) is 3.67. The summed E-state index contributed by atoms with van der Waals surface area (Å²) in [6.07, 6.45) is -22.4. The Morgan fingerprint density at radius 1 is 0.759 bits per heavy atom. The second-order valence-electron chi connectivity index (χ2n) is 15.2. The van der Waals surface area contributed by atoms with Gasteiger partial charge in [0.05, 0.1) is 44.9 Å². The largest absolute Gasteiger partial charge is 0.394 e. The third-order valence-corrected chi connectivity index (χ3v) is 10.8. The molecule has 1 amide bonds. The van der Waals surface area contributed by atoms with Crippen molar-refractivity contribution < 1.29 is 93.9 Å². The molecule has 58 heavy (non-hydrogen) atoms. The highest BCUT2D eigenvalue weighted by Gasteiger charge is 2.52. The van der Waals surface area contributed by atoms with Gasteiger partial charge in [-0.25, -0.2) is 5.43 Å². The number of aliphatic hydroxyl groups is 10. The molecule has 4 fully saturated rings. The Morgan fingerprint density at radius 2 is 1.36 bits per heavy atom.